The molecule has 3 aromatic carbocycles. The molecule has 1 saturated heterocycles. The van der Waals surface area contributed by atoms with Gasteiger partial charge >= 0.3 is 11.9 Å². The molecule has 1 fully saturated rings. The first-order valence-electron chi connectivity index (χ1n) is 22.0. The number of aliphatic hydroxyl groups excluding tert-OH is 4. The summed E-state index contributed by atoms with van der Waals surface area (Å²) in [5.41, 5.74) is 3.90. The van der Waals surface area contributed by atoms with Crippen LogP contribution in [-0.4, -0.2) is 135 Å². The molecule has 0 aromatic heterocycles. The highest BCUT2D eigenvalue weighted by Crippen LogP contribution is 2.49. The van der Waals surface area contributed by atoms with Gasteiger partial charge in [0.15, 0.2) is 41.8 Å². The minimum absolute atomic E-state index is 0.000582. The molecule has 3 aromatic rings. The molecule has 4 bridgehead atoms. The number of guanidine groups is 1. The Bertz CT molecular complexity index is 2320. The number of unbranched alkanes of at least 4 members (excludes halogenated alkanes) is 1. The molecule has 0 radical (unpaired) electrons. The van der Waals surface area contributed by atoms with Crippen molar-refractivity contribution in [1.29, 1.82) is 0 Å². The number of aliphatic imine (C=N–C) groups is 1. The SMILES string of the molecule is COc1cc(C(=O)OC(O)C2OC3Oc4c(OCN=C(N)NCCCCO)cc(C(=O)O)c5c4CC(C#CCC(O)(C3O)C2O)C(CC(C)C)C(C)N5)c(O)c(OCCc2ccccc2)c1O. The second-order valence-electron chi connectivity index (χ2n) is 17.1. The van der Waals surface area contributed by atoms with E-state index in [9.17, 15) is 45.3 Å². The number of esters is 1. The van der Waals surface area contributed by atoms with Crippen LogP contribution in [-0.2, 0) is 22.3 Å². The molecule has 20 heteroatoms. The summed E-state index contributed by atoms with van der Waals surface area (Å²) in [5.74, 6) is 0.230. The Hall–Kier alpha value is -6.21. The zero-order chi connectivity index (χ0) is 48.6. The van der Waals surface area contributed by atoms with E-state index in [2.05, 4.69) is 27.5 Å². The van der Waals surface area contributed by atoms with Gasteiger partial charge in [-0.1, -0.05) is 56.0 Å². The molecular formula is C47H60N4O16. The summed E-state index contributed by atoms with van der Waals surface area (Å²) in [4.78, 5) is 30.8. The van der Waals surface area contributed by atoms with Crippen LogP contribution in [0.1, 0.15) is 78.3 Å². The quantitative estimate of drug-likeness (QED) is 0.0218. The number of carboxylic acid groups (broad SMARTS) is 1. The number of phenols is 2. The molecule has 364 valence electrons. The van der Waals surface area contributed by atoms with Crippen molar-refractivity contribution in [3.05, 3.63) is 64.7 Å². The van der Waals surface area contributed by atoms with Crippen molar-refractivity contribution in [1.82, 2.24) is 5.32 Å². The summed E-state index contributed by atoms with van der Waals surface area (Å²) >= 11 is 0. The molecule has 12 N–H and O–H groups in total. The number of aromatic carboxylic acids is 1. The Balaban J connectivity index is 1.36. The molecule has 0 spiro atoms. The third-order valence-electron chi connectivity index (χ3n) is 12.0. The second kappa shape index (κ2) is 22.1. The lowest BCUT2D eigenvalue weighted by Gasteiger charge is -2.48. The van der Waals surface area contributed by atoms with Crippen LogP contribution >= 0.6 is 0 Å². The highest BCUT2D eigenvalue weighted by molar-refractivity contribution is 5.97. The Labute approximate surface area is 387 Å². The summed E-state index contributed by atoms with van der Waals surface area (Å²) in [6, 6.07) is 11.0. The molecule has 0 saturated carbocycles. The summed E-state index contributed by atoms with van der Waals surface area (Å²) in [6.07, 6.45) is -9.21. The summed E-state index contributed by atoms with van der Waals surface area (Å²) in [7, 11) is 1.19. The van der Waals surface area contributed by atoms with Crippen LogP contribution < -0.4 is 35.3 Å². The van der Waals surface area contributed by atoms with Gasteiger partial charge in [0.05, 0.1) is 25.0 Å². The molecule has 67 heavy (non-hydrogen) atoms. The van der Waals surface area contributed by atoms with Crippen molar-refractivity contribution >= 4 is 23.6 Å². The first-order valence-corrected chi connectivity index (χ1v) is 22.0. The molecule has 20 nitrogen and oxygen atoms in total. The monoisotopic (exact) mass is 936 g/mol. The van der Waals surface area contributed by atoms with Crippen molar-refractivity contribution < 1.29 is 78.9 Å². The summed E-state index contributed by atoms with van der Waals surface area (Å²) in [6.45, 7) is 5.88. The number of carbonyl (C=O) groups excluding carboxylic acids is 1. The molecule has 0 aliphatic carbocycles. The van der Waals surface area contributed by atoms with Crippen molar-refractivity contribution in [2.75, 3.05) is 38.9 Å². The Morgan fingerprint density at radius 1 is 1.06 bits per heavy atom. The number of fused-ring (bicyclic) bond motifs is 3. The summed E-state index contributed by atoms with van der Waals surface area (Å²) in [5, 5.41) is 95.2. The number of phenolic OH excluding ortho intramolecular Hbond substituents is 2. The number of hydrogen-bond acceptors (Lipinski definition) is 17. The first kappa shape index (κ1) is 50.2. The topological polar surface area (TPSA) is 314 Å². The average molecular weight is 937 g/mol. The van der Waals surface area contributed by atoms with Gasteiger partial charge in [-0.3, -0.25) is 0 Å². The number of carboxylic acids is 1. The van der Waals surface area contributed by atoms with E-state index < -0.39 is 90.3 Å². The number of carbonyl (C=O) groups is 2. The lowest BCUT2D eigenvalue weighted by molar-refractivity contribution is -0.337. The molecule has 3 heterocycles. The fraction of sp³-hybridized carbons (Fsp3) is 0.511. The van der Waals surface area contributed by atoms with E-state index >= 15 is 0 Å². The fourth-order valence-electron chi connectivity index (χ4n) is 8.45. The highest BCUT2D eigenvalue weighted by atomic mass is 16.7. The predicted molar refractivity (Wildman–Crippen MR) is 240 cm³/mol. The molecule has 9 unspecified atom stereocenters. The Morgan fingerprint density at radius 3 is 2.48 bits per heavy atom. The number of aromatic hydroxyl groups is 2. The average Bonchev–Trinajstić information content (AvgIpc) is 3.42. The summed E-state index contributed by atoms with van der Waals surface area (Å²) < 4.78 is 34.6. The minimum Gasteiger partial charge on any atom is -0.504 e. The van der Waals surface area contributed by atoms with Gasteiger partial charge in [0.25, 0.3) is 0 Å². The van der Waals surface area contributed by atoms with E-state index in [1.807, 2.05) is 51.1 Å². The van der Waals surface area contributed by atoms with Gasteiger partial charge in [-0.05, 0) is 50.0 Å². The van der Waals surface area contributed by atoms with E-state index in [0.717, 1.165) is 11.6 Å². The predicted octanol–water partition coefficient (Wildman–Crippen LogP) is 2.21. The number of benzene rings is 3. The van der Waals surface area contributed by atoms with Gasteiger partial charge < -0.3 is 85.6 Å². The standard InChI is InChI=1S/C47H60N4O16/c1-24(2)19-28-25(3)51-34-29-20-27(28)13-10-15-47(61)40(55)39(44(60)67-43(59)31-22-32(62-4)36(54)38(35(31)53)63-18-14-26-11-6-5-7-12-26)66-45(41(47)56)65-37(29)33(21-30(34)42(57)58)64-23-50-46(48)49-16-8-9-17-52/h5-7,11-12,21-22,24-25,27-28,39-41,44-45,51-56,60-61H,8-9,14-20,23H2,1-4H3,(H,57,58)(H3,48,49,50). The molecule has 9 atom stereocenters. The molecule has 3 aliphatic heterocycles. The maximum atomic E-state index is 13.7. The van der Waals surface area contributed by atoms with E-state index in [1.165, 1.54) is 13.2 Å². The molecule has 3 aliphatic rings. The number of ether oxygens (including phenoxy) is 6. The molecule has 0 amide bonds. The van der Waals surface area contributed by atoms with Crippen molar-refractivity contribution in [2.45, 2.75) is 102 Å². The van der Waals surface area contributed by atoms with Crippen LogP contribution in [0.2, 0.25) is 0 Å². The van der Waals surface area contributed by atoms with Gasteiger partial charge in [-0.15, -0.1) is 0 Å². The first-order chi connectivity index (χ1) is 32.0. The maximum absolute atomic E-state index is 13.7. The number of nitrogens with zero attached hydrogens (tertiary/aromatic N) is 1. The van der Waals surface area contributed by atoms with Gasteiger partial charge in [-0.2, -0.15) is 0 Å². The van der Waals surface area contributed by atoms with Crippen LogP contribution in [0.4, 0.5) is 5.69 Å². The number of nitrogens with one attached hydrogen (secondary N) is 2. The van der Waals surface area contributed by atoms with Gasteiger partial charge in [0.1, 0.15) is 23.4 Å². The van der Waals surface area contributed by atoms with E-state index in [1.54, 1.807) is 0 Å². The minimum atomic E-state index is -2.63. The van der Waals surface area contributed by atoms with Gasteiger partial charge in [-0.25, -0.2) is 14.6 Å². The number of methoxy groups -OCH3 is 1. The molecular weight excluding hydrogens is 877 g/mol. The largest absolute Gasteiger partial charge is 0.504 e. The van der Waals surface area contributed by atoms with Crippen molar-refractivity contribution in [3.8, 4) is 46.3 Å². The van der Waals surface area contributed by atoms with E-state index in [-0.39, 0.29) is 77.5 Å². The second-order valence-corrected chi connectivity index (χ2v) is 17.1. The number of nitrogens with two attached hydrogens (primary N) is 1. The third kappa shape index (κ3) is 11.3. The van der Waals surface area contributed by atoms with Crippen molar-refractivity contribution in [2.24, 2.45) is 28.5 Å². The fourth-order valence-corrected chi connectivity index (χ4v) is 8.45. The van der Waals surface area contributed by atoms with Crippen LogP contribution in [0, 0.1) is 29.6 Å². The number of hydrogen-bond donors (Lipinski definition) is 11. The van der Waals surface area contributed by atoms with Gasteiger partial charge in [0, 0.05) is 55.6 Å². The van der Waals surface area contributed by atoms with Crippen LogP contribution in [0.25, 0.3) is 0 Å². The number of rotatable bonds is 18. The maximum Gasteiger partial charge on any atom is 0.344 e. The third-order valence-corrected chi connectivity index (χ3v) is 12.0. The van der Waals surface area contributed by atoms with E-state index in [4.69, 9.17) is 39.3 Å². The zero-order valence-corrected chi connectivity index (χ0v) is 37.7. The molecule has 6 rings (SSSR count). The van der Waals surface area contributed by atoms with E-state index in [0.29, 0.717) is 32.2 Å². The van der Waals surface area contributed by atoms with Crippen molar-refractivity contribution in [3.63, 3.8) is 0 Å². The number of anilines is 1. The normalized spacial score (nSPS) is 24.9. The Kier molecular flexibility index (Phi) is 16.5. The van der Waals surface area contributed by atoms with Crippen LogP contribution in [0.5, 0.6) is 34.5 Å². The van der Waals surface area contributed by atoms with Crippen LogP contribution in [0.15, 0.2) is 47.5 Å². The lowest BCUT2D eigenvalue weighted by atomic mass is 9.78. The van der Waals surface area contributed by atoms with Crippen LogP contribution in [0.3, 0.4) is 0 Å². The lowest BCUT2D eigenvalue weighted by Crippen LogP contribution is -2.69. The highest BCUT2D eigenvalue weighted by Gasteiger charge is 2.59. The number of aliphatic hydroxyl groups is 5. The van der Waals surface area contributed by atoms with Gasteiger partial charge in [0.2, 0.25) is 24.1 Å². The Morgan fingerprint density at radius 2 is 1.79 bits per heavy atom. The zero-order valence-electron chi connectivity index (χ0n) is 37.7. The smallest absolute Gasteiger partial charge is 0.344 e.